The molecule has 0 unspecified atom stereocenters. The molecule has 0 saturated carbocycles. The van der Waals surface area contributed by atoms with E-state index in [-0.39, 0.29) is 5.41 Å². The van der Waals surface area contributed by atoms with Crippen molar-refractivity contribution in [2.75, 3.05) is 0 Å². The largest absolute Gasteiger partial charge is 0.212 e. The number of aryl methyl sites for hydroxylation is 2. The van der Waals surface area contributed by atoms with Gasteiger partial charge in [-0.25, -0.2) is 4.57 Å². The van der Waals surface area contributed by atoms with Gasteiger partial charge in [-0.15, -0.1) is 0 Å². The Morgan fingerprint density at radius 2 is 1.65 bits per heavy atom. The minimum absolute atomic E-state index is 0.0365. The van der Waals surface area contributed by atoms with Gasteiger partial charge in [-0.1, -0.05) is 52.0 Å². The van der Waals surface area contributed by atoms with Crippen LogP contribution in [0.15, 0.2) is 54.7 Å². The molecule has 0 spiro atoms. The van der Waals surface area contributed by atoms with Gasteiger partial charge in [0.05, 0.1) is 0 Å². The molecule has 1 aliphatic carbocycles. The van der Waals surface area contributed by atoms with Gasteiger partial charge in [-0.05, 0) is 58.3 Å². The first-order chi connectivity index (χ1) is 12.6. The Morgan fingerprint density at radius 1 is 0.923 bits per heavy atom. The zero-order valence-electron chi connectivity index (χ0n) is 17.6. The second-order valence-electron chi connectivity index (χ2n) is 8.29. The van der Waals surface area contributed by atoms with E-state index in [0.29, 0.717) is 0 Å². The Labute approximate surface area is 158 Å². The molecule has 0 radical (unpaired) electrons. The molecular formula is C25H28N+. The average Bonchev–Trinajstić information content (AvgIpc) is 2.81. The topological polar surface area (TPSA) is 3.88 Å². The summed E-state index contributed by atoms with van der Waals surface area (Å²) in [7, 11) is 2.10. The number of benzene rings is 2. The molecule has 1 heterocycles. The maximum Gasteiger partial charge on any atom is 0.212 e. The Balaban J connectivity index is 1.97. The molecule has 3 aromatic rings. The first-order valence-electron chi connectivity index (χ1n) is 9.86. The van der Waals surface area contributed by atoms with Crippen LogP contribution in [-0.4, -0.2) is 0 Å². The molecule has 0 N–H and O–H groups in total. The number of hydrogen-bond donors (Lipinski definition) is 0. The second kappa shape index (κ2) is 5.81. The van der Waals surface area contributed by atoms with Crippen LogP contribution in [0.4, 0.5) is 0 Å². The summed E-state index contributed by atoms with van der Waals surface area (Å²) in [6, 6.07) is 17.7. The summed E-state index contributed by atoms with van der Waals surface area (Å²) >= 11 is 0. The highest BCUT2D eigenvalue weighted by molar-refractivity contribution is 5.84. The van der Waals surface area contributed by atoms with E-state index in [0.717, 1.165) is 5.56 Å². The van der Waals surface area contributed by atoms with Gasteiger partial charge in [-0.3, -0.25) is 0 Å². The highest BCUT2D eigenvalue weighted by Crippen LogP contribution is 2.50. The Bertz CT molecular complexity index is 1050. The Morgan fingerprint density at radius 3 is 2.35 bits per heavy atom. The van der Waals surface area contributed by atoms with Crippen LogP contribution in [0.2, 0.25) is 0 Å². The predicted molar refractivity (Wildman–Crippen MR) is 109 cm³/mol. The van der Waals surface area contributed by atoms with Crippen LogP contribution in [0, 0.1) is 6.92 Å². The Hall–Kier alpha value is -2.41. The lowest BCUT2D eigenvalue weighted by atomic mass is 9.81. The fourth-order valence-corrected chi connectivity index (χ4v) is 4.30. The van der Waals surface area contributed by atoms with Gasteiger partial charge in [0.25, 0.3) is 0 Å². The molecule has 4 rings (SSSR count). The molecule has 1 aromatic heterocycles. The van der Waals surface area contributed by atoms with Crippen molar-refractivity contribution in [1.29, 1.82) is 0 Å². The molecule has 1 nitrogen and oxygen atoms in total. The molecule has 0 atom stereocenters. The van der Waals surface area contributed by atoms with Gasteiger partial charge in [0, 0.05) is 24.5 Å². The van der Waals surface area contributed by atoms with Crippen molar-refractivity contribution in [1.82, 2.24) is 0 Å². The minimum Gasteiger partial charge on any atom is -0.201 e. The van der Waals surface area contributed by atoms with Crippen LogP contribution in [0.25, 0.3) is 22.4 Å². The monoisotopic (exact) mass is 343 g/mol. The van der Waals surface area contributed by atoms with Crippen LogP contribution in [0.3, 0.4) is 0 Å². The SMILES string of the molecule is [2H]C(C)(C)c1ccc2c(c1)-c1cc(C)c(-c3cccc[n+]3C)cc1C2(C)C. The lowest BCUT2D eigenvalue weighted by Crippen LogP contribution is -2.30. The van der Waals surface area contributed by atoms with Gasteiger partial charge >= 0.3 is 0 Å². The van der Waals surface area contributed by atoms with E-state index in [2.05, 4.69) is 87.1 Å². The summed E-state index contributed by atoms with van der Waals surface area (Å²) in [5.74, 6) is -0.589. The summed E-state index contributed by atoms with van der Waals surface area (Å²) in [6.45, 7) is 10.7. The molecule has 26 heavy (non-hydrogen) atoms. The van der Waals surface area contributed by atoms with E-state index in [1.54, 1.807) is 0 Å². The molecule has 0 aliphatic heterocycles. The third-order valence-corrected chi connectivity index (χ3v) is 5.93. The summed E-state index contributed by atoms with van der Waals surface area (Å²) in [5, 5.41) is 0. The van der Waals surface area contributed by atoms with E-state index in [4.69, 9.17) is 1.37 Å². The fourth-order valence-electron chi connectivity index (χ4n) is 4.30. The van der Waals surface area contributed by atoms with Crippen molar-refractivity contribution in [3.05, 3.63) is 77.0 Å². The van der Waals surface area contributed by atoms with E-state index in [9.17, 15) is 0 Å². The first kappa shape index (κ1) is 15.8. The van der Waals surface area contributed by atoms with Crippen LogP contribution < -0.4 is 4.57 Å². The molecule has 132 valence electrons. The molecule has 1 aliphatic rings. The summed E-state index contributed by atoms with van der Waals surface area (Å²) in [6.07, 6.45) is 2.10. The van der Waals surface area contributed by atoms with Crippen molar-refractivity contribution in [2.24, 2.45) is 7.05 Å². The maximum atomic E-state index is 8.43. The van der Waals surface area contributed by atoms with Crippen LogP contribution >= 0.6 is 0 Å². The fraction of sp³-hybridized carbons (Fsp3) is 0.320. The Kier molecular flexibility index (Phi) is 3.53. The standard InChI is InChI=1S/C25H28N/c1-16(2)18-10-11-22-21(14-18)20-13-17(3)19(15-23(20)25(22,4)5)24-9-7-8-12-26(24)6/h7-16H,1-6H3/q+1/i16D. The normalized spacial score (nSPS) is 15.4. The highest BCUT2D eigenvalue weighted by Gasteiger charge is 2.36. The lowest BCUT2D eigenvalue weighted by Gasteiger charge is -2.22. The summed E-state index contributed by atoms with van der Waals surface area (Å²) in [4.78, 5) is 0. The quantitative estimate of drug-likeness (QED) is 0.509. The zero-order valence-corrected chi connectivity index (χ0v) is 16.6. The predicted octanol–water partition coefficient (Wildman–Crippen LogP) is 5.92. The molecule has 2 aromatic carbocycles. The van der Waals surface area contributed by atoms with E-state index >= 15 is 0 Å². The zero-order chi connectivity index (χ0) is 19.6. The number of fused-ring (bicyclic) bond motifs is 3. The van der Waals surface area contributed by atoms with Crippen LogP contribution in [0.5, 0.6) is 0 Å². The number of aromatic nitrogens is 1. The number of rotatable bonds is 2. The smallest absolute Gasteiger partial charge is 0.201 e. The highest BCUT2D eigenvalue weighted by atomic mass is 14.9. The van der Waals surface area contributed by atoms with Crippen molar-refractivity contribution in [3.63, 3.8) is 0 Å². The van der Waals surface area contributed by atoms with Gasteiger partial charge < -0.3 is 0 Å². The third kappa shape index (κ3) is 2.41. The van der Waals surface area contributed by atoms with Crippen LogP contribution in [0.1, 0.15) is 57.2 Å². The van der Waals surface area contributed by atoms with E-state index in [1.807, 2.05) is 13.8 Å². The van der Waals surface area contributed by atoms with Crippen molar-refractivity contribution in [3.8, 4) is 22.4 Å². The number of hydrogen-bond acceptors (Lipinski definition) is 0. The van der Waals surface area contributed by atoms with Crippen molar-refractivity contribution >= 4 is 0 Å². The number of pyridine rings is 1. The first-order valence-corrected chi connectivity index (χ1v) is 9.36. The molecule has 0 saturated heterocycles. The third-order valence-electron chi connectivity index (χ3n) is 5.93. The number of nitrogens with zero attached hydrogens (tertiary/aromatic N) is 1. The second-order valence-corrected chi connectivity index (χ2v) is 8.29. The van der Waals surface area contributed by atoms with Crippen molar-refractivity contribution < 1.29 is 5.94 Å². The molecule has 1 heteroatoms. The summed E-state index contributed by atoms with van der Waals surface area (Å²) in [5.41, 5.74) is 10.2. The van der Waals surface area contributed by atoms with Gasteiger partial charge in [-0.2, -0.15) is 0 Å². The molecule has 0 bridgehead atoms. The molecule has 0 amide bonds. The minimum atomic E-state index is -0.589. The van der Waals surface area contributed by atoms with Crippen LogP contribution in [-0.2, 0) is 12.5 Å². The molecular weight excluding hydrogens is 314 g/mol. The van der Waals surface area contributed by atoms with Crippen molar-refractivity contribution in [2.45, 2.75) is 45.9 Å². The van der Waals surface area contributed by atoms with E-state index < -0.39 is 5.89 Å². The van der Waals surface area contributed by atoms with E-state index in [1.165, 1.54) is 39.1 Å². The molecule has 0 fully saturated rings. The van der Waals surface area contributed by atoms with Gasteiger partial charge in [0.2, 0.25) is 5.69 Å². The average molecular weight is 344 g/mol. The maximum absolute atomic E-state index is 8.43. The van der Waals surface area contributed by atoms with Gasteiger partial charge in [0.1, 0.15) is 7.05 Å². The lowest BCUT2D eigenvalue weighted by molar-refractivity contribution is -0.660. The summed E-state index contributed by atoms with van der Waals surface area (Å²) < 4.78 is 10.6. The van der Waals surface area contributed by atoms with Gasteiger partial charge in [0.15, 0.2) is 6.20 Å².